The Morgan fingerprint density at radius 3 is 2.57 bits per heavy atom. The van der Waals surface area contributed by atoms with Crippen molar-refractivity contribution in [2.75, 3.05) is 13.1 Å². The molecule has 8 heteroatoms. The number of sulfonamides is 1. The minimum Gasteiger partial charge on any atom is -0.316 e. The third-order valence-corrected chi connectivity index (χ3v) is 5.90. The average molecular weight is 337 g/mol. The number of aromatic nitrogens is 2. The average Bonchev–Trinajstić information content (AvgIpc) is 2.64. The van der Waals surface area contributed by atoms with Gasteiger partial charge in [-0.1, -0.05) is 0 Å². The Morgan fingerprint density at radius 1 is 1.43 bits per heavy atom. The van der Waals surface area contributed by atoms with Crippen molar-refractivity contribution in [2.45, 2.75) is 44.6 Å². The zero-order chi connectivity index (χ0) is 14.9. The van der Waals surface area contributed by atoms with Gasteiger partial charge in [0.1, 0.15) is 4.90 Å². The maximum Gasteiger partial charge on any atom is 0.244 e. The molecule has 2 N–H and O–H groups in total. The van der Waals surface area contributed by atoms with Crippen molar-refractivity contribution in [2.24, 2.45) is 13.0 Å². The lowest BCUT2D eigenvalue weighted by atomic mass is 9.94. The zero-order valence-electron chi connectivity index (χ0n) is 13.0. The molecule has 0 saturated carbocycles. The topological polar surface area (TPSA) is 76.0 Å². The van der Waals surface area contributed by atoms with Crippen LogP contribution in [-0.2, 0) is 17.1 Å². The molecule has 2 unspecified atom stereocenters. The first-order chi connectivity index (χ1) is 9.33. The zero-order valence-corrected chi connectivity index (χ0v) is 14.6. The summed E-state index contributed by atoms with van der Waals surface area (Å²) in [5.74, 6) is 0.343. The number of nitrogens with one attached hydrogen (secondary N) is 2. The van der Waals surface area contributed by atoms with E-state index >= 15 is 0 Å². The highest BCUT2D eigenvalue weighted by atomic mass is 35.5. The summed E-state index contributed by atoms with van der Waals surface area (Å²) in [5.41, 5.74) is 1.22. The van der Waals surface area contributed by atoms with Crippen molar-refractivity contribution >= 4 is 22.4 Å². The highest BCUT2D eigenvalue weighted by molar-refractivity contribution is 7.89. The number of nitrogens with zero attached hydrogens (tertiary/aromatic N) is 2. The van der Waals surface area contributed by atoms with Crippen LogP contribution in [0.5, 0.6) is 0 Å². The number of hydrogen-bond donors (Lipinski definition) is 2. The molecule has 6 nitrogen and oxygen atoms in total. The summed E-state index contributed by atoms with van der Waals surface area (Å²) in [6.45, 7) is 7.34. The number of piperidine rings is 1. The highest BCUT2D eigenvalue weighted by Gasteiger charge is 2.28. The third kappa shape index (κ3) is 3.97. The number of hydrogen-bond acceptors (Lipinski definition) is 4. The van der Waals surface area contributed by atoms with Gasteiger partial charge in [0, 0.05) is 13.1 Å². The molecule has 0 amide bonds. The Balaban J connectivity index is 0.00000220. The van der Waals surface area contributed by atoms with Gasteiger partial charge in [-0.15, -0.1) is 12.4 Å². The molecule has 0 aromatic carbocycles. The fraction of sp³-hybridized carbons (Fsp3) is 0.769. The largest absolute Gasteiger partial charge is 0.316 e. The molecule has 1 saturated heterocycles. The van der Waals surface area contributed by atoms with Gasteiger partial charge in [0.25, 0.3) is 0 Å². The molecule has 0 radical (unpaired) electrons. The van der Waals surface area contributed by atoms with E-state index in [1.54, 1.807) is 25.6 Å². The lowest BCUT2D eigenvalue weighted by Crippen LogP contribution is -2.44. The summed E-state index contributed by atoms with van der Waals surface area (Å²) in [6.07, 6.45) is 2.16. The highest BCUT2D eigenvalue weighted by Crippen LogP contribution is 2.21. The first-order valence-electron chi connectivity index (χ1n) is 7.06. The standard InChI is InChI=1S/C13H24N4O2S.ClH/c1-9(12-6-5-7-14-8-12)16-20(18,19)13-10(2)15-17(4)11(13)3;/h9,12,14,16H,5-8H2,1-4H3;1H. The Bertz CT molecular complexity index is 579. The van der Waals surface area contributed by atoms with Crippen LogP contribution in [0.2, 0.25) is 0 Å². The third-order valence-electron chi connectivity index (χ3n) is 4.09. The summed E-state index contributed by atoms with van der Waals surface area (Å²) in [5, 5.41) is 7.50. The van der Waals surface area contributed by atoms with Gasteiger partial charge >= 0.3 is 0 Å². The normalized spacial score (nSPS) is 20.9. The molecule has 2 heterocycles. The number of rotatable bonds is 4. The second-order valence-corrected chi connectivity index (χ2v) is 7.29. The Morgan fingerprint density at radius 2 is 2.10 bits per heavy atom. The minimum atomic E-state index is -3.51. The van der Waals surface area contributed by atoms with E-state index in [4.69, 9.17) is 0 Å². The quantitative estimate of drug-likeness (QED) is 0.864. The monoisotopic (exact) mass is 336 g/mol. The minimum absolute atomic E-state index is 0. The van der Waals surface area contributed by atoms with Gasteiger partial charge in [-0.2, -0.15) is 5.10 Å². The van der Waals surface area contributed by atoms with Crippen molar-refractivity contribution in [3.05, 3.63) is 11.4 Å². The smallest absolute Gasteiger partial charge is 0.244 e. The maximum absolute atomic E-state index is 12.6. The van der Waals surface area contributed by atoms with Gasteiger partial charge in [0.15, 0.2) is 0 Å². The predicted octanol–water partition coefficient (Wildman–Crippen LogP) is 1.13. The fourth-order valence-corrected chi connectivity index (χ4v) is 4.60. The van der Waals surface area contributed by atoms with E-state index < -0.39 is 10.0 Å². The Hall–Kier alpha value is -0.630. The van der Waals surface area contributed by atoms with Crippen LogP contribution in [0.4, 0.5) is 0 Å². The van der Waals surface area contributed by atoms with Crippen LogP contribution in [0.15, 0.2) is 4.90 Å². The fourth-order valence-electron chi connectivity index (χ4n) is 2.85. The molecule has 1 aliphatic heterocycles. The molecule has 0 bridgehead atoms. The van der Waals surface area contributed by atoms with Crippen LogP contribution >= 0.6 is 12.4 Å². The lowest BCUT2D eigenvalue weighted by Gasteiger charge is -2.28. The predicted molar refractivity (Wildman–Crippen MR) is 85.3 cm³/mol. The van der Waals surface area contributed by atoms with E-state index in [9.17, 15) is 8.42 Å². The summed E-state index contributed by atoms with van der Waals surface area (Å²) in [4.78, 5) is 0.315. The van der Waals surface area contributed by atoms with E-state index in [0.29, 0.717) is 22.2 Å². The van der Waals surface area contributed by atoms with Crippen LogP contribution in [0, 0.1) is 19.8 Å². The Labute approximate surface area is 133 Å². The van der Waals surface area contributed by atoms with E-state index in [1.807, 2.05) is 6.92 Å². The van der Waals surface area contributed by atoms with Crippen molar-refractivity contribution in [1.82, 2.24) is 19.8 Å². The first-order valence-corrected chi connectivity index (χ1v) is 8.54. The van der Waals surface area contributed by atoms with Crippen LogP contribution < -0.4 is 10.0 Å². The van der Waals surface area contributed by atoms with Crippen LogP contribution in [0.3, 0.4) is 0 Å². The van der Waals surface area contributed by atoms with Crippen molar-refractivity contribution in [3.63, 3.8) is 0 Å². The summed E-state index contributed by atoms with van der Waals surface area (Å²) < 4.78 is 29.5. The second-order valence-electron chi connectivity index (χ2n) is 5.64. The van der Waals surface area contributed by atoms with Gasteiger partial charge in [0.05, 0.1) is 11.4 Å². The molecule has 1 aliphatic rings. The molecule has 1 aromatic heterocycles. The van der Waals surface area contributed by atoms with Crippen LogP contribution in [-0.4, -0.2) is 37.3 Å². The molecule has 0 spiro atoms. The van der Waals surface area contributed by atoms with E-state index in [2.05, 4.69) is 15.1 Å². The molecular formula is C13H25ClN4O2S. The molecule has 1 aromatic rings. The molecule has 21 heavy (non-hydrogen) atoms. The molecule has 122 valence electrons. The number of aryl methyl sites for hydroxylation is 2. The van der Waals surface area contributed by atoms with E-state index in [0.717, 1.165) is 25.9 Å². The van der Waals surface area contributed by atoms with Crippen LogP contribution in [0.25, 0.3) is 0 Å². The van der Waals surface area contributed by atoms with Crippen molar-refractivity contribution in [1.29, 1.82) is 0 Å². The van der Waals surface area contributed by atoms with Crippen molar-refractivity contribution in [3.8, 4) is 0 Å². The molecule has 2 rings (SSSR count). The second kappa shape index (κ2) is 7.09. The lowest BCUT2D eigenvalue weighted by molar-refractivity contribution is 0.320. The first kappa shape index (κ1) is 18.4. The number of halogens is 1. The van der Waals surface area contributed by atoms with E-state index in [-0.39, 0.29) is 18.4 Å². The van der Waals surface area contributed by atoms with E-state index in [1.165, 1.54) is 0 Å². The van der Waals surface area contributed by atoms with Gasteiger partial charge in [-0.3, -0.25) is 4.68 Å². The van der Waals surface area contributed by atoms with Gasteiger partial charge < -0.3 is 5.32 Å². The SMILES string of the molecule is Cc1nn(C)c(C)c1S(=O)(=O)NC(C)C1CCCNC1.Cl. The maximum atomic E-state index is 12.6. The summed E-state index contributed by atoms with van der Waals surface area (Å²) >= 11 is 0. The van der Waals surface area contributed by atoms with Crippen molar-refractivity contribution < 1.29 is 8.42 Å². The molecule has 1 fully saturated rings. The van der Waals surface area contributed by atoms with Gasteiger partial charge in [-0.25, -0.2) is 13.1 Å². The summed E-state index contributed by atoms with van der Waals surface area (Å²) in [7, 11) is -1.75. The molecule has 2 atom stereocenters. The van der Waals surface area contributed by atoms with Gasteiger partial charge in [-0.05, 0) is 52.6 Å². The van der Waals surface area contributed by atoms with Gasteiger partial charge in [0.2, 0.25) is 10.0 Å². The summed E-state index contributed by atoms with van der Waals surface area (Å²) in [6, 6.07) is -0.0770. The molecule has 0 aliphatic carbocycles. The van der Waals surface area contributed by atoms with Crippen LogP contribution in [0.1, 0.15) is 31.2 Å². The molecular weight excluding hydrogens is 312 g/mol. The Kier molecular flexibility index (Phi) is 6.22.